The maximum Gasteiger partial charge on any atom is 0.263 e. The standard InChI is InChI=1S/C19H10Cl3NOS/c20-12-5-6-18-16(10-12)23(15-3-1-2-4-17(15)25-18)19(24)11-7-13(21)9-14(22)8-11/h1-10H. The van der Waals surface area contributed by atoms with Crippen molar-refractivity contribution in [3.05, 3.63) is 81.3 Å². The van der Waals surface area contributed by atoms with Gasteiger partial charge in [-0.3, -0.25) is 9.69 Å². The number of carbonyl (C=O) groups excluding carboxylic acids is 1. The molecule has 0 atom stereocenters. The summed E-state index contributed by atoms with van der Waals surface area (Å²) in [7, 11) is 0. The van der Waals surface area contributed by atoms with E-state index >= 15 is 0 Å². The number of rotatable bonds is 1. The zero-order chi connectivity index (χ0) is 17.6. The average Bonchev–Trinajstić information content (AvgIpc) is 2.58. The first-order valence-corrected chi connectivity index (χ1v) is 9.35. The highest BCUT2D eigenvalue weighted by Gasteiger charge is 2.29. The zero-order valence-electron chi connectivity index (χ0n) is 12.7. The number of halogens is 3. The lowest BCUT2D eigenvalue weighted by Crippen LogP contribution is -2.28. The summed E-state index contributed by atoms with van der Waals surface area (Å²) < 4.78 is 0. The van der Waals surface area contributed by atoms with Gasteiger partial charge in [0.2, 0.25) is 0 Å². The third kappa shape index (κ3) is 3.13. The molecule has 0 N–H and O–H groups in total. The Labute approximate surface area is 164 Å². The summed E-state index contributed by atoms with van der Waals surface area (Å²) in [6, 6.07) is 18.1. The topological polar surface area (TPSA) is 20.3 Å². The molecule has 6 heteroatoms. The molecule has 2 nitrogen and oxygen atoms in total. The van der Waals surface area contributed by atoms with Crippen molar-refractivity contribution in [1.82, 2.24) is 0 Å². The van der Waals surface area contributed by atoms with Crippen LogP contribution >= 0.6 is 46.6 Å². The molecule has 1 amide bonds. The lowest BCUT2D eigenvalue weighted by molar-refractivity contribution is 0.0998. The fraction of sp³-hybridized carbons (Fsp3) is 0. The highest BCUT2D eigenvalue weighted by atomic mass is 35.5. The average molecular weight is 407 g/mol. The van der Waals surface area contributed by atoms with E-state index in [1.54, 1.807) is 40.9 Å². The lowest BCUT2D eigenvalue weighted by atomic mass is 10.1. The van der Waals surface area contributed by atoms with E-state index in [1.165, 1.54) is 0 Å². The Morgan fingerprint density at radius 1 is 0.760 bits per heavy atom. The van der Waals surface area contributed by atoms with Crippen LogP contribution in [0.5, 0.6) is 0 Å². The van der Waals surface area contributed by atoms with Crippen LogP contribution in [0.3, 0.4) is 0 Å². The highest BCUT2D eigenvalue weighted by molar-refractivity contribution is 7.99. The molecule has 124 valence electrons. The maximum atomic E-state index is 13.3. The minimum atomic E-state index is -0.208. The lowest BCUT2D eigenvalue weighted by Gasteiger charge is -2.31. The van der Waals surface area contributed by atoms with Crippen molar-refractivity contribution in [2.75, 3.05) is 4.90 Å². The Hall–Kier alpha value is -1.65. The number of amides is 1. The second-order valence-electron chi connectivity index (χ2n) is 5.48. The second kappa shape index (κ2) is 6.58. The van der Waals surface area contributed by atoms with E-state index in [0.717, 1.165) is 21.2 Å². The molecule has 0 aromatic heterocycles. The molecular weight excluding hydrogens is 397 g/mol. The molecule has 1 aliphatic heterocycles. The summed E-state index contributed by atoms with van der Waals surface area (Å²) in [4.78, 5) is 16.9. The van der Waals surface area contributed by atoms with Crippen LogP contribution in [0.15, 0.2) is 70.5 Å². The van der Waals surface area contributed by atoms with Crippen LogP contribution < -0.4 is 4.90 Å². The minimum absolute atomic E-state index is 0.208. The largest absolute Gasteiger partial charge is 0.275 e. The number of benzene rings is 3. The van der Waals surface area contributed by atoms with Crippen LogP contribution in [0.4, 0.5) is 11.4 Å². The van der Waals surface area contributed by atoms with Crippen molar-refractivity contribution < 1.29 is 4.79 Å². The molecule has 3 aromatic carbocycles. The fourth-order valence-corrected chi connectivity index (χ4v) is 4.48. The first-order valence-electron chi connectivity index (χ1n) is 7.40. The van der Waals surface area contributed by atoms with Gasteiger partial charge in [0.05, 0.1) is 11.4 Å². The van der Waals surface area contributed by atoms with E-state index in [2.05, 4.69) is 0 Å². The molecule has 0 radical (unpaired) electrons. The van der Waals surface area contributed by atoms with Crippen molar-refractivity contribution >= 4 is 63.8 Å². The third-order valence-corrected chi connectivity index (χ3v) is 5.60. The van der Waals surface area contributed by atoms with Crippen LogP contribution in [-0.2, 0) is 0 Å². The van der Waals surface area contributed by atoms with Gasteiger partial charge in [-0.25, -0.2) is 0 Å². The number of hydrogen-bond donors (Lipinski definition) is 0. The molecule has 1 aliphatic rings. The number of nitrogens with zero attached hydrogens (tertiary/aromatic N) is 1. The number of para-hydroxylation sites is 1. The molecule has 1 heterocycles. The summed E-state index contributed by atoms with van der Waals surface area (Å²) in [5, 5.41) is 1.41. The molecular formula is C19H10Cl3NOS. The van der Waals surface area contributed by atoms with E-state index < -0.39 is 0 Å². The Morgan fingerprint density at radius 2 is 1.44 bits per heavy atom. The molecule has 0 bridgehead atoms. The van der Waals surface area contributed by atoms with Crippen LogP contribution in [0.1, 0.15) is 10.4 Å². The summed E-state index contributed by atoms with van der Waals surface area (Å²) in [6.07, 6.45) is 0. The van der Waals surface area contributed by atoms with E-state index in [9.17, 15) is 4.79 Å². The molecule has 0 saturated carbocycles. The van der Waals surface area contributed by atoms with E-state index in [-0.39, 0.29) is 5.91 Å². The molecule has 0 fully saturated rings. The van der Waals surface area contributed by atoms with Crippen molar-refractivity contribution in [1.29, 1.82) is 0 Å². The van der Waals surface area contributed by atoms with E-state index in [1.807, 2.05) is 36.4 Å². The van der Waals surface area contributed by atoms with Crippen LogP contribution in [0.25, 0.3) is 0 Å². The summed E-state index contributed by atoms with van der Waals surface area (Å²) in [6.45, 7) is 0. The smallest absolute Gasteiger partial charge is 0.263 e. The highest BCUT2D eigenvalue weighted by Crippen LogP contribution is 2.49. The molecule has 3 aromatic rings. The number of carbonyl (C=O) groups is 1. The van der Waals surface area contributed by atoms with Crippen molar-refractivity contribution in [2.24, 2.45) is 0 Å². The Balaban J connectivity index is 1.91. The Bertz CT molecular complexity index is 985. The summed E-state index contributed by atoms with van der Waals surface area (Å²) >= 11 is 19.9. The van der Waals surface area contributed by atoms with Crippen LogP contribution in [-0.4, -0.2) is 5.91 Å². The summed E-state index contributed by atoms with van der Waals surface area (Å²) in [5.74, 6) is -0.208. The first-order chi connectivity index (χ1) is 12.0. The minimum Gasteiger partial charge on any atom is -0.275 e. The van der Waals surface area contributed by atoms with Gasteiger partial charge in [0, 0.05) is 30.4 Å². The molecule has 25 heavy (non-hydrogen) atoms. The van der Waals surface area contributed by atoms with Gasteiger partial charge in [-0.15, -0.1) is 0 Å². The van der Waals surface area contributed by atoms with Gasteiger partial charge < -0.3 is 0 Å². The van der Waals surface area contributed by atoms with Gasteiger partial charge in [-0.2, -0.15) is 0 Å². The molecule has 0 spiro atoms. The molecule has 0 aliphatic carbocycles. The molecule has 0 saturated heterocycles. The predicted molar refractivity (Wildman–Crippen MR) is 105 cm³/mol. The first kappa shape index (κ1) is 16.8. The SMILES string of the molecule is O=C(c1cc(Cl)cc(Cl)c1)N1c2ccccc2Sc2ccc(Cl)cc21. The van der Waals surface area contributed by atoms with Gasteiger partial charge >= 0.3 is 0 Å². The second-order valence-corrected chi connectivity index (χ2v) is 7.87. The van der Waals surface area contributed by atoms with E-state index in [0.29, 0.717) is 20.6 Å². The van der Waals surface area contributed by atoms with Gasteiger partial charge in [-0.1, -0.05) is 58.7 Å². The molecule has 4 rings (SSSR count). The third-order valence-electron chi connectivity index (χ3n) is 3.80. The predicted octanol–water partition coefficient (Wildman–Crippen LogP) is 7.09. The summed E-state index contributed by atoms with van der Waals surface area (Å²) in [5.41, 5.74) is 1.98. The molecule has 0 unspecified atom stereocenters. The Kier molecular flexibility index (Phi) is 4.42. The number of fused-ring (bicyclic) bond motifs is 2. The van der Waals surface area contributed by atoms with Gasteiger partial charge in [0.15, 0.2) is 0 Å². The normalized spacial score (nSPS) is 12.5. The maximum absolute atomic E-state index is 13.3. The van der Waals surface area contributed by atoms with Crippen molar-refractivity contribution in [3.63, 3.8) is 0 Å². The van der Waals surface area contributed by atoms with Gasteiger partial charge in [0.1, 0.15) is 0 Å². The van der Waals surface area contributed by atoms with Gasteiger partial charge in [0.25, 0.3) is 5.91 Å². The number of hydrogen-bond acceptors (Lipinski definition) is 2. The van der Waals surface area contributed by atoms with E-state index in [4.69, 9.17) is 34.8 Å². The quantitative estimate of drug-likeness (QED) is 0.430. The van der Waals surface area contributed by atoms with Crippen molar-refractivity contribution in [2.45, 2.75) is 9.79 Å². The van der Waals surface area contributed by atoms with Crippen molar-refractivity contribution in [3.8, 4) is 0 Å². The Morgan fingerprint density at radius 3 is 2.20 bits per heavy atom. The van der Waals surface area contributed by atoms with Gasteiger partial charge in [-0.05, 0) is 48.5 Å². The van der Waals surface area contributed by atoms with Crippen LogP contribution in [0.2, 0.25) is 15.1 Å². The monoisotopic (exact) mass is 405 g/mol. The van der Waals surface area contributed by atoms with Crippen LogP contribution in [0, 0.1) is 0 Å². The zero-order valence-corrected chi connectivity index (χ0v) is 15.8. The number of anilines is 2. The fourth-order valence-electron chi connectivity index (χ4n) is 2.75.